The van der Waals surface area contributed by atoms with Crippen molar-refractivity contribution >= 4 is 0 Å². The highest BCUT2D eigenvalue weighted by atomic mass is 16.3. The second-order valence-electron chi connectivity index (χ2n) is 30.1. The van der Waals surface area contributed by atoms with Gasteiger partial charge in [0.2, 0.25) is 0 Å². The average Bonchev–Trinajstić information content (AvgIpc) is 0.732. The van der Waals surface area contributed by atoms with Crippen molar-refractivity contribution in [2.75, 3.05) is 0 Å². The Morgan fingerprint density at radius 3 is 0.827 bits per heavy atom. The lowest BCUT2D eigenvalue weighted by atomic mass is 9.68. The van der Waals surface area contributed by atoms with Crippen molar-refractivity contribution in [3.05, 3.63) is 286 Å². The standard InChI is InChI=1S/C89H100O9/c1-49(2)71-31-55(13)77(48-84(71)95)78-47-70(46-65(87(78)98)36-60-21-30-83(94)76(41-60)54(11)12)89(16,69-44-63(34-58-19-28-81(92)74(39-58)52(7)8)86(97)64(45-69)35-59-20-29-82(93)75(40-59)53(9)10)67-24-22-66(23-25-67)88(14,15)68-42-61(32-56-17-26-79(90)72(37-56)50(3)4)85(96)62(43-68)33-57-18-27-80(91)73(38-57)51(5)6/h17-31,37-54,90-98H,32-36H2,1-16H3. The molecule has 9 heteroatoms. The van der Waals surface area contributed by atoms with E-state index in [1.54, 1.807) is 36.4 Å². The van der Waals surface area contributed by atoms with Crippen LogP contribution in [-0.2, 0) is 42.9 Å². The van der Waals surface area contributed by atoms with Gasteiger partial charge in [0.05, 0.1) is 0 Å². The second kappa shape index (κ2) is 28.5. The number of rotatable bonds is 22. The zero-order valence-corrected chi connectivity index (χ0v) is 60.1. The number of phenols is 9. The lowest BCUT2D eigenvalue weighted by Gasteiger charge is -2.35. The lowest BCUT2D eigenvalue weighted by molar-refractivity contribution is 0.460. The van der Waals surface area contributed by atoms with Crippen LogP contribution in [0.25, 0.3) is 11.1 Å². The van der Waals surface area contributed by atoms with Gasteiger partial charge >= 0.3 is 0 Å². The molecule has 10 aromatic carbocycles. The first kappa shape index (κ1) is 71.2. The third kappa shape index (κ3) is 14.6. The summed E-state index contributed by atoms with van der Waals surface area (Å²) in [5, 5.41) is 105. The molecule has 0 saturated heterocycles. The molecule has 10 rings (SSSR count). The van der Waals surface area contributed by atoms with Crippen LogP contribution in [0, 0.1) is 6.92 Å². The van der Waals surface area contributed by atoms with Crippen molar-refractivity contribution in [3.63, 3.8) is 0 Å². The molecule has 0 aliphatic heterocycles. The summed E-state index contributed by atoms with van der Waals surface area (Å²) in [6.07, 6.45) is 1.75. The van der Waals surface area contributed by atoms with Crippen LogP contribution in [0.1, 0.15) is 262 Å². The molecule has 510 valence electrons. The van der Waals surface area contributed by atoms with Crippen LogP contribution in [0.15, 0.2) is 164 Å². The van der Waals surface area contributed by atoms with Crippen molar-refractivity contribution < 1.29 is 46.0 Å². The van der Waals surface area contributed by atoms with Gasteiger partial charge in [-0.2, -0.15) is 0 Å². The molecule has 0 bridgehead atoms. The van der Waals surface area contributed by atoms with Gasteiger partial charge in [0.15, 0.2) is 0 Å². The molecule has 1 unspecified atom stereocenters. The number of benzene rings is 10. The van der Waals surface area contributed by atoms with Crippen LogP contribution >= 0.6 is 0 Å². The Morgan fingerprint density at radius 1 is 0.255 bits per heavy atom. The molecule has 10 aromatic rings. The minimum atomic E-state index is -1.09. The molecule has 0 fully saturated rings. The van der Waals surface area contributed by atoms with Crippen molar-refractivity contribution in [1.29, 1.82) is 0 Å². The van der Waals surface area contributed by atoms with Crippen LogP contribution in [0.5, 0.6) is 51.7 Å². The lowest BCUT2D eigenvalue weighted by Crippen LogP contribution is -2.27. The normalized spacial score (nSPS) is 12.7. The molecule has 0 saturated carbocycles. The SMILES string of the molecule is Cc1cc(C(C)C)c(O)cc1-c1cc(C(C)(c2ccc(C(C)(C)c3cc(Cc4ccc(O)c(C(C)C)c4)c(O)c(Cc4ccc(O)c(C(C)C)c4)c3)cc2)c2cc(Cc3ccc(O)c(C(C)C)c3)c(O)c(Cc3ccc(O)c(C(C)C)c3)c2)cc(Cc2ccc(O)c(C(C)C)c2)c1O. The second-order valence-corrected chi connectivity index (χ2v) is 30.1. The van der Waals surface area contributed by atoms with E-state index in [1.165, 1.54) is 0 Å². The Kier molecular flexibility index (Phi) is 20.7. The highest BCUT2D eigenvalue weighted by Gasteiger charge is 2.36. The van der Waals surface area contributed by atoms with E-state index in [4.69, 9.17) is 0 Å². The molecule has 0 amide bonds. The van der Waals surface area contributed by atoms with Gasteiger partial charge in [-0.25, -0.2) is 0 Å². The maximum atomic E-state index is 13.0. The van der Waals surface area contributed by atoms with Crippen LogP contribution < -0.4 is 0 Å². The van der Waals surface area contributed by atoms with E-state index in [2.05, 4.69) is 109 Å². The molecule has 0 radical (unpaired) electrons. The summed E-state index contributed by atoms with van der Waals surface area (Å²) in [6, 6.07) is 53.3. The number of aryl methyl sites for hydroxylation is 1. The fourth-order valence-electron chi connectivity index (χ4n) is 14.4. The first-order valence-electron chi connectivity index (χ1n) is 34.8. The van der Waals surface area contributed by atoms with E-state index in [0.29, 0.717) is 59.9 Å². The summed E-state index contributed by atoms with van der Waals surface area (Å²) >= 11 is 0. The number of phenolic OH excluding ortho intramolecular Hbond substituents is 9. The molecule has 0 aliphatic rings. The van der Waals surface area contributed by atoms with Crippen molar-refractivity contribution in [2.24, 2.45) is 0 Å². The van der Waals surface area contributed by atoms with E-state index in [0.717, 1.165) is 106 Å². The smallest absolute Gasteiger partial charge is 0.126 e. The van der Waals surface area contributed by atoms with Crippen molar-refractivity contribution in [1.82, 2.24) is 0 Å². The predicted molar refractivity (Wildman–Crippen MR) is 399 cm³/mol. The summed E-state index contributed by atoms with van der Waals surface area (Å²) in [4.78, 5) is 0. The molecule has 98 heavy (non-hydrogen) atoms. The Bertz CT molecular complexity index is 4440. The molecule has 1 atom stereocenters. The quantitative estimate of drug-likeness (QED) is 0.0298. The Hall–Kier alpha value is -9.60. The minimum absolute atomic E-state index is 0.0204. The van der Waals surface area contributed by atoms with Crippen molar-refractivity contribution in [2.45, 2.75) is 189 Å². The van der Waals surface area contributed by atoms with Crippen LogP contribution in [0.3, 0.4) is 0 Å². The number of hydrogen-bond acceptors (Lipinski definition) is 9. The summed E-state index contributed by atoms with van der Waals surface area (Å²) in [5.74, 6) is 1.85. The van der Waals surface area contributed by atoms with Gasteiger partial charge in [-0.1, -0.05) is 218 Å². The zero-order chi connectivity index (χ0) is 71.1. The van der Waals surface area contributed by atoms with Crippen LogP contribution in [0.4, 0.5) is 0 Å². The third-order valence-electron chi connectivity index (χ3n) is 20.6. The van der Waals surface area contributed by atoms with Crippen molar-refractivity contribution in [3.8, 4) is 62.9 Å². The van der Waals surface area contributed by atoms with E-state index in [1.807, 2.05) is 129 Å². The van der Waals surface area contributed by atoms with Crippen LogP contribution in [0.2, 0.25) is 0 Å². The molecule has 0 aliphatic carbocycles. The summed E-state index contributed by atoms with van der Waals surface area (Å²) in [7, 11) is 0. The van der Waals surface area contributed by atoms with E-state index < -0.39 is 10.8 Å². The van der Waals surface area contributed by atoms with Gasteiger partial charge in [0.1, 0.15) is 51.7 Å². The first-order chi connectivity index (χ1) is 46.2. The molecular weight excluding hydrogens is 1210 g/mol. The fourth-order valence-corrected chi connectivity index (χ4v) is 14.4. The van der Waals surface area contributed by atoms with Gasteiger partial charge in [0.25, 0.3) is 0 Å². The third-order valence-corrected chi connectivity index (χ3v) is 20.6. The molecular formula is C89H100O9. The summed E-state index contributed by atoms with van der Waals surface area (Å²) in [6.45, 7) is 33.2. The molecule has 9 N–H and O–H groups in total. The van der Waals surface area contributed by atoms with E-state index in [-0.39, 0.29) is 87.3 Å². The number of hydrogen-bond donors (Lipinski definition) is 9. The monoisotopic (exact) mass is 1310 g/mol. The first-order valence-corrected chi connectivity index (χ1v) is 34.8. The summed E-state index contributed by atoms with van der Waals surface area (Å²) in [5.41, 5.74) is 17.7. The Balaban J connectivity index is 1.23. The van der Waals surface area contributed by atoms with Gasteiger partial charge in [-0.05, 0) is 220 Å². The fraction of sp³-hybridized carbons (Fsp3) is 0.326. The Morgan fingerprint density at radius 2 is 0.520 bits per heavy atom. The number of aromatic hydroxyl groups is 9. The van der Waals surface area contributed by atoms with Gasteiger partial charge in [-0.3, -0.25) is 0 Å². The Labute approximate surface area is 581 Å². The van der Waals surface area contributed by atoms with E-state index >= 15 is 0 Å². The minimum Gasteiger partial charge on any atom is -0.508 e. The molecule has 0 heterocycles. The topological polar surface area (TPSA) is 182 Å². The van der Waals surface area contributed by atoms with Gasteiger partial charge in [0, 0.05) is 48.5 Å². The summed E-state index contributed by atoms with van der Waals surface area (Å²) < 4.78 is 0. The van der Waals surface area contributed by atoms with Crippen LogP contribution in [-0.4, -0.2) is 46.0 Å². The molecule has 0 aromatic heterocycles. The highest BCUT2D eigenvalue weighted by molar-refractivity contribution is 5.79. The largest absolute Gasteiger partial charge is 0.508 e. The van der Waals surface area contributed by atoms with Gasteiger partial charge in [-0.15, -0.1) is 0 Å². The maximum absolute atomic E-state index is 13.0. The van der Waals surface area contributed by atoms with E-state index in [9.17, 15) is 46.0 Å². The molecule has 0 spiro atoms. The maximum Gasteiger partial charge on any atom is 0.126 e. The average molecular weight is 1310 g/mol. The zero-order valence-electron chi connectivity index (χ0n) is 60.1. The predicted octanol–water partition coefficient (Wildman–Crippen LogP) is 21.4. The highest BCUT2D eigenvalue weighted by Crippen LogP contribution is 2.50. The van der Waals surface area contributed by atoms with Gasteiger partial charge < -0.3 is 46.0 Å². The molecule has 9 nitrogen and oxygen atoms in total.